The molecule has 172 valence electrons. The summed E-state index contributed by atoms with van der Waals surface area (Å²) in [6.45, 7) is 5.74. The second kappa shape index (κ2) is 9.38. The minimum atomic E-state index is -0.717. The minimum absolute atomic E-state index is 0.119. The highest BCUT2D eigenvalue weighted by atomic mass is 35.5. The van der Waals surface area contributed by atoms with Crippen molar-refractivity contribution in [2.75, 3.05) is 13.1 Å². The fourth-order valence-electron chi connectivity index (χ4n) is 4.60. The lowest BCUT2D eigenvalue weighted by molar-refractivity contribution is -0.0142. The van der Waals surface area contributed by atoms with E-state index in [1.54, 1.807) is 30.6 Å². The number of H-pyrrole nitrogens is 1. The number of amides is 2. The Hall–Kier alpha value is -3.15. The fraction of sp³-hybridized carbons (Fsp3) is 0.417. The molecule has 0 aliphatic carbocycles. The van der Waals surface area contributed by atoms with Gasteiger partial charge in [-0.15, -0.1) is 0 Å². The van der Waals surface area contributed by atoms with Crippen LogP contribution in [-0.2, 0) is 6.54 Å². The van der Waals surface area contributed by atoms with Crippen molar-refractivity contribution in [3.05, 3.63) is 58.5 Å². The first kappa shape index (κ1) is 23.0. The molecule has 2 aromatic heterocycles. The number of carbonyl (C=O) groups excluding carboxylic acids is 1. The van der Waals surface area contributed by atoms with Crippen LogP contribution in [0.5, 0.6) is 0 Å². The van der Waals surface area contributed by atoms with Gasteiger partial charge in [-0.25, -0.2) is 9.78 Å². The van der Waals surface area contributed by atoms with Crippen LogP contribution in [0.1, 0.15) is 49.6 Å². The van der Waals surface area contributed by atoms with Crippen molar-refractivity contribution in [1.82, 2.24) is 25.4 Å². The van der Waals surface area contributed by atoms with E-state index in [0.717, 1.165) is 34.9 Å². The molecule has 0 saturated carbocycles. The summed E-state index contributed by atoms with van der Waals surface area (Å²) < 4.78 is 0. The van der Waals surface area contributed by atoms with E-state index in [0.29, 0.717) is 30.4 Å². The van der Waals surface area contributed by atoms with Crippen molar-refractivity contribution >= 4 is 28.5 Å². The van der Waals surface area contributed by atoms with E-state index in [2.05, 4.69) is 34.3 Å². The molecule has 0 radical (unpaired) electrons. The van der Waals surface area contributed by atoms with E-state index in [9.17, 15) is 9.90 Å². The molecule has 3 aromatic rings. The van der Waals surface area contributed by atoms with Crippen LogP contribution in [0.25, 0.3) is 10.9 Å². The van der Waals surface area contributed by atoms with E-state index < -0.39 is 11.5 Å². The molecule has 9 heteroatoms. The summed E-state index contributed by atoms with van der Waals surface area (Å²) in [4.78, 5) is 18.5. The van der Waals surface area contributed by atoms with Crippen molar-refractivity contribution in [3.63, 3.8) is 0 Å². The average molecular weight is 467 g/mol. The normalized spacial score (nSPS) is 15.9. The molecule has 1 saturated heterocycles. The predicted molar refractivity (Wildman–Crippen MR) is 125 cm³/mol. The van der Waals surface area contributed by atoms with Crippen molar-refractivity contribution < 1.29 is 9.90 Å². The number of nitrogens with one attached hydrogen (secondary N) is 2. The summed E-state index contributed by atoms with van der Waals surface area (Å²) in [6, 6.07) is 8.90. The number of aromatic amines is 1. The van der Waals surface area contributed by atoms with E-state index in [1.165, 1.54) is 0 Å². The first-order valence-electron chi connectivity index (χ1n) is 11.0. The van der Waals surface area contributed by atoms with E-state index in [-0.39, 0.29) is 11.9 Å². The number of halogens is 1. The summed E-state index contributed by atoms with van der Waals surface area (Å²) in [5.74, 6) is 0.236. The SMILES string of the molecule is CC(C)(C1CCN(C(=O)NCc2ccc(C#N)nc2)CC1)C(O)c1cc(Cl)cc2[nH]ncc12. The lowest BCUT2D eigenvalue weighted by Crippen LogP contribution is -2.47. The zero-order valence-corrected chi connectivity index (χ0v) is 19.4. The molecule has 3 heterocycles. The number of piperidine rings is 1. The summed E-state index contributed by atoms with van der Waals surface area (Å²) >= 11 is 6.28. The van der Waals surface area contributed by atoms with Crippen molar-refractivity contribution in [1.29, 1.82) is 5.26 Å². The molecule has 0 bridgehead atoms. The zero-order chi connectivity index (χ0) is 23.6. The molecule has 3 N–H and O–H groups in total. The number of urea groups is 1. The number of aromatic nitrogens is 3. The number of hydrogen-bond acceptors (Lipinski definition) is 5. The second-order valence-electron chi connectivity index (χ2n) is 9.13. The van der Waals surface area contributed by atoms with Crippen LogP contribution < -0.4 is 5.32 Å². The number of hydrogen-bond donors (Lipinski definition) is 3. The molecule has 2 amide bonds. The van der Waals surface area contributed by atoms with Gasteiger partial charge < -0.3 is 15.3 Å². The Balaban J connectivity index is 1.36. The van der Waals surface area contributed by atoms with E-state index in [1.807, 2.05) is 17.0 Å². The number of nitriles is 1. The topological polar surface area (TPSA) is 118 Å². The van der Waals surface area contributed by atoms with Gasteiger partial charge in [-0.3, -0.25) is 5.10 Å². The highest BCUT2D eigenvalue weighted by Gasteiger charge is 2.40. The van der Waals surface area contributed by atoms with E-state index in [4.69, 9.17) is 16.9 Å². The molecule has 1 atom stereocenters. The van der Waals surface area contributed by atoms with Crippen molar-refractivity contribution in [2.45, 2.75) is 39.3 Å². The molecule has 1 aliphatic rings. The first-order valence-corrected chi connectivity index (χ1v) is 11.4. The van der Waals surface area contributed by atoms with Crippen LogP contribution >= 0.6 is 11.6 Å². The average Bonchev–Trinajstić information content (AvgIpc) is 3.30. The van der Waals surface area contributed by atoms with Crippen molar-refractivity contribution in [3.8, 4) is 6.07 Å². The van der Waals surface area contributed by atoms with Gasteiger partial charge in [0.25, 0.3) is 0 Å². The Morgan fingerprint density at radius 2 is 2.12 bits per heavy atom. The number of rotatable bonds is 5. The van der Waals surface area contributed by atoms with Gasteiger partial charge in [-0.2, -0.15) is 10.4 Å². The Morgan fingerprint density at radius 3 is 2.79 bits per heavy atom. The van der Waals surface area contributed by atoms with Gasteiger partial charge in [0.2, 0.25) is 0 Å². The Bertz CT molecular complexity index is 1180. The van der Waals surface area contributed by atoms with Crippen LogP contribution in [0.2, 0.25) is 5.02 Å². The zero-order valence-electron chi connectivity index (χ0n) is 18.7. The van der Waals surface area contributed by atoms with Gasteiger partial charge in [0.15, 0.2) is 0 Å². The number of fused-ring (bicyclic) bond motifs is 1. The second-order valence-corrected chi connectivity index (χ2v) is 9.57. The molecule has 1 unspecified atom stereocenters. The molecule has 4 rings (SSSR count). The first-order chi connectivity index (χ1) is 15.8. The highest BCUT2D eigenvalue weighted by Crippen LogP contribution is 2.46. The molecular formula is C24H27ClN6O2. The molecule has 1 aliphatic heterocycles. The number of aliphatic hydroxyl groups excluding tert-OH is 1. The molecular weight excluding hydrogens is 440 g/mol. The lowest BCUT2D eigenvalue weighted by Gasteiger charge is -2.43. The van der Waals surface area contributed by atoms with Crippen LogP contribution in [0.4, 0.5) is 4.79 Å². The van der Waals surface area contributed by atoms with Crippen LogP contribution in [0.3, 0.4) is 0 Å². The van der Waals surface area contributed by atoms with Crippen LogP contribution in [0, 0.1) is 22.7 Å². The number of nitrogens with zero attached hydrogens (tertiary/aromatic N) is 4. The van der Waals surface area contributed by atoms with Gasteiger partial charge in [-0.05, 0) is 53.5 Å². The van der Waals surface area contributed by atoms with Crippen LogP contribution in [-0.4, -0.2) is 44.3 Å². The fourth-order valence-corrected chi connectivity index (χ4v) is 4.83. The monoisotopic (exact) mass is 466 g/mol. The van der Waals surface area contributed by atoms with Gasteiger partial charge >= 0.3 is 6.03 Å². The molecule has 0 spiro atoms. The maximum atomic E-state index is 12.6. The van der Waals surface area contributed by atoms with Gasteiger partial charge in [0.1, 0.15) is 11.8 Å². The summed E-state index contributed by atoms with van der Waals surface area (Å²) in [5, 5.41) is 31.5. The standard InChI is InChI=1S/C24H27ClN6O2/c1-24(2,22(32)19-9-17(25)10-21-20(19)14-29-30-21)16-5-7-31(8-6-16)23(33)28-13-15-3-4-18(11-26)27-12-15/h3-4,9-10,12,14,16,22,32H,5-8,13H2,1-2H3,(H,28,33)(H,29,30). The predicted octanol–water partition coefficient (Wildman–Crippen LogP) is 4.16. The third kappa shape index (κ3) is 4.80. The van der Waals surface area contributed by atoms with Gasteiger partial charge in [0.05, 0.1) is 17.8 Å². The van der Waals surface area contributed by atoms with Crippen molar-refractivity contribution in [2.24, 2.45) is 11.3 Å². The molecule has 1 aromatic carbocycles. The van der Waals surface area contributed by atoms with Gasteiger partial charge in [-0.1, -0.05) is 31.5 Å². The molecule has 8 nitrogen and oxygen atoms in total. The van der Waals surface area contributed by atoms with Gasteiger partial charge in [0, 0.05) is 36.2 Å². The maximum Gasteiger partial charge on any atom is 0.317 e. The Morgan fingerprint density at radius 1 is 1.36 bits per heavy atom. The Labute approximate surface area is 197 Å². The number of aliphatic hydroxyl groups is 1. The largest absolute Gasteiger partial charge is 0.388 e. The number of carbonyl (C=O) groups is 1. The number of pyridine rings is 1. The lowest BCUT2D eigenvalue weighted by atomic mass is 9.68. The molecule has 1 fully saturated rings. The summed E-state index contributed by atoms with van der Waals surface area (Å²) in [5.41, 5.74) is 2.35. The maximum absolute atomic E-state index is 12.6. The summed E-state index contributed by atoms with van der Waals surface area (Å²) in [6.07, 6.45) is 4.19. The summed E-state index contributed by atoms with van der Waals surface area (Å²) in [7, 11) is 0. The van der Waals surface area contributed by atoms with Crippen LogP contribution in [0.15, 0.2) is 36.7 Å². The smallest absolute Gasteiger partial charge is 0.317 e. The third-order valence-corrected chi connectivity index (χ3v) is 6.99. The number of benzene rings is 1. The third-order valence-electron chi connectivity index (χ3n) is 6.77. The molecule has 33 heavy (non-hydrogen) atoms. The minimum Gasteiger partial charge on any atom is -0.388 e. The number of likely N-dealkylation sites (tertiary alicyclic amines) is 1. The quantitative estimate of drug-likeness (QED) is 0.521. The highest BCUT2D eigenvalue weighted by molar-refractivity contribution is 6.31. The van der Waals surface area contributed by atoms with E-state index >= 15 is 0 Å². The Kier molecular flexibility index (Phi) is 6.54.